The van der Waals surface area contributed by atoms with Gasteiger partial charge in [0, 0.05) is 11.1 Å². The van der Waals surface area contributed by atoms with Crippen molar-refractivity contribution in [2.45, 2.75) is 6.61 Å². The van der Waals surface area contributed by atoms with Gasteiger partial charge in [0.15, 0.2) is 11.5 Å². The normalized spacial score (nSPS) is 11.2. The fraction of sp³-hybridized carbons (Fsp3) is 0.0909. The summed E-state index contributed by atoms with van der Waals surface area (Å²) >= 11 is 0. The Labute approximate surface area is 165 Å². The molecule has 0 radical (unpaired) electrons. The van der Waals surface area contributed by atoms with E-state index in [9.17, 15) is 18.8 Å². The first-order valence-electron chi connectivity index (χ1n) is 8.55. The lowest BCUT2D eigenvalue weighted by atomic mass is 10.1. The van der Waals surface area contributed by atoms with E-state index in [4.69, 9.17) is 4.74 Å². The molecule has 3 aromatic carbocycles. The minimum absolute atomic E-state index is 0.112. The maximum Gasteiger partial charge on any atom is 0.387 e. The molecule has 1 amide bonds. The number of nitriles is 1. The third-order valence-electron chi connectivity index (χ3n) is 4.12. The molecule has 0 fully saturated rings. The largest absolute Gasteiger partial charge is 0.493 e. The summed E-state index contributed by atoms with van der Waals surface area (Å²) in [6.07, 6.45) is 1.29. The monoisotopic (exact) mass is 394 g/mol. The van der Waals surface area contributed by atoms with Crippen LogP contribution in [-0.2, 0) is 4.79 Å². The molecular weight excluding hydrogens is 378 g/mol. The van der Waals surface area contributed by atoms with Crippen LogP contribution in [0.4, 0.5) is 14.5 Å². The number of methoxy groups -OCH3 is 1. The van der Waals surface area contributed by atoms with Crippen molar-refractivity contribution >= 4 is 28.4 Å². The van der Waals surface area contributed by atoms with E-state index < -0.39 is 12.5 Å². The number of carbonyl (C=O) groups excluding carboxylic acids is 1. The summed E-state index contributed by atoms with van der Waals surface area (Å²) in [6, 6.07) is 19.0. The molecule has 3 aromatic rings. The molecule has 0 aliphatic rings. The van der Waals surface area contributed by atoms with Crippen LogP contribution >= 0.6 is 0 Å². The molecule has 7 heteroatoms. The Kier molecular flexibility index (Phi) is 6.05. The van der Waals surface area contributed by atoms with E-state index in [-0.39, 0.29) is 17.1 Å². The summed E-state index contributed by atoms with van der Waals surface area (Å²) in [7, 11) is 1.32. The van der Waals surface area contributed by atoms with Gasteiger partial charge in [0.2, 0.25) is 0 Å². The molecule has 29 heavy (non-hydrogen) atoms. The summed E-state index contributed by atoms with van der Waals surface area (Å²) in [4.78, 5) is 12.6. The topological polar surface area (TPSA) is 71.3 Å². The molecule has 1 N–H and O–H groups in total. The zero-order valence-corrected chi connectivity index (χ0v) is 15.4. The zero-order chi connectivity index (χ0) is 20.8. The Morgan fingerprint density at radius 3 is 2.59 bits per heavy atom. The lowest BCUT2D eigenvalue weighted by Crippen LogP contribution is -2.13. The molecule has 0 atom stereocenters. The van der Waals surface area contributed by atoms with Gasteiger partial charge in [0.05, 0.1) is 7.11 Å². The SMILES string of the molecule is COc1ccc(/C=C(\C#N)C(=O)Nc2cccc3ccccc23)cc1OC(F)F. The molecule has 0 heterocycles. The predicted octanol–water partition coefficient (Wildman–Crippen LogP) is 5.00. The Morgan fingerprint density at radius 1 is 1.10 bits per heavy atom. The van der Waals surface area contributed by atoms with Crippen molar-refractivity contribution in [3.8, 4) is 17.6 Å². The molecule has 0 aliphatic heterocycles. The summed E-state index contributed by atoms with van der Waals surface area (Å²) in [5.74, 6) is -0.694. The fourth-order valence-electron chi connectivity index (χ4n) is 2.81. The number of amides is 1. The number of hydrogen-bond acceptors (Lipinski definition) is 4. The number of fused-ring (bicyclic) bond motifs is 1. The van der Waals surface area contributed by atoms with Gasteiger partial charge in [-0.05, 0) is 35.2 Å². The Bertz CT molecular complexity index is 1120. The summed E-state index contributed by atoms with van der Waals surface area (Å²) < 4.78 is 34.6. The second kappa shape index (κ2) is 8.85. The summed E-state index contributed by atoms with van der Waals surface area (Å²) in [5, 5.41) is 13.9. The zero-order valence-electron chi connectivity index (χ0n) is 15.4. The number of benzene rings is 3. The van der Waals surface area contributed by atoms with Gasteiger partial charge >= 0.3 is 6.61 Å². The molecule has 146 valence electrons. The average Bonchev–Trinajstić information content (AvgIpc) is 2.72. The third-order valence-corrected chi connectivity index (χ3v) is 4.12. The van der Waals surface area contributed by atoms with E-state index in [1.54, 1.807) is 12.1 Å². The number of alkyl halides is 2. The van der Waals surface area contributed by atoms with Crippen LogP contribution in [0, 0.1) is 11.3 Å². The highest BCUT2D eigenvalue weighted by atomic mass is 19.3. The average molecular weight is 394 g/mol. The van der Waals surface area contributed by atoms with Crippen LogP contribution in [0.3, 0.4) is 0 Å². The van der Waals surface area contributed by atoms with Crippen LogP contribution in [0.25, 0.3) is 16.8 Å². The number of halogens is 2. The maximum atomic E-state index is 12.6. The molecule has 0 saturated heterocycles. The van der Waals surface area contributed by atoms with Crippen LogP contribution in [0.2, 0.25) is 0 Å². The standard InChI is InChI=1S/C22H16F2N2O3/c1-28-19-10-9-14(12-20(19)29-22(23)24)11-16(13-25)21(27)26-18-8-4-6-15-5-2-3-7-17(15)18/h2-12,22H,1H3,(H,26,27)/b16-11+. The van der Waals surface area contributed by atoms with Gasteiger partial charge in [-0.2, -0.15) is 14.0 Å². The summed E-state index contributed by atoms with van der Waals surface area (Å²) in [6.45, 7) is -3.03. The molecule has 5 nitrogen and oxygen atoms in total. The Morgan fingerprint density at radius 2 is 1.86 bits per heavy atom. The van der Waals surface area contributed by atoms with Gasteiger partial charge in [-0.25, -0.2) is 0 Å². The fourth-order valence-corrected chi connectivity index (χ4v) is 2.81. The molecule has 0 unspecified atom stereocenters. The predicted molar refractivity (Wildman–Crippen MR) is 106 cm³/mol. The van der Waals surface area contributed by atoms with Gasteiger partial charge in [-0.1, -0.05) is 42.5 Å². The van der Waals surface area contributed by atoms with Crippen LogP contribution in [0.15, 0.2) is 66.2 Å². The van der Waals surface area contributed by atoms with Gasteiger partial charge in [0.25, 0.3) is 5.91 Å². The van der Waals surface area contributed by atoms with Crippen molar-refractivity contribution in [3.05, 3.63) is 71.8 Å². The number of hydrogen-bond donors (Lipinski definition) is 1. The minimum Gasteiger partial charge on any atom is -0.493 e. The van der Waals surface area contributed by atoms with E-state index >= 15 is 0 Å². The number of rotatable bonds is 6. The number of nitrogens with zero attached hydrogens (tertiary/aromatic N) is 1. The van der Waals surface area contributed by atoms with Crippen LogP contribution in [-0.4, -0.2) is 19.6 Å². The van der Waals surface area contributed by atoms with E-state index in [0.29, 0.717) is 11.3 Å². The molecular formula is C22H16F2N2O3. The van der Waals surface area contributed by atoms with Gasteiger partial charge in [0.1, 0.15) is 11.6 Å². The van der Waals surface area contributed by atoms with Crippen LogP contribution in [0.1, 0.15) is 5.56 Å². The van der Waals surface area contributed by atoms with Crippen LogP contribution < -0.4 is 14.8 Å². The highest BCUT2D eigenvalue weighted by Gasteiger charge is 2.14. The van der Waals surface area contributed by atoms with E-state index in [1.807, 2.05) is 36.4 Å². The number of nitrogens with one attached hydrogen (secondary N) is 1. The van der Waals surface area contributed by atoms with Crippen molar-refractivity contribution in [3.63, 3.8) is 0 Å². The molecule has 0 bridgehead atoms. The first-order valence-corrected chi connectivity index (χ1v) is 8.55. The van der Waals surface area contributed by atoms with Crippen LogP contribution in [0.5, 0.6) is 11.5 Å². The van der Waals surface area contributed by atoms with Crippen molar-refractivity contribution in [1.29, 1.82) is 5.26 Å². The smallest absolute Gasteiger partial charge is 0.387 e. The lowest BCUT2D eigenvalue weighted by Gasteiger charge is -2.11. The Balaban J connectivity index is 1.89. The van der Waals surface area contributed by atoms with Gasteiger partial charge in [-0.3, -0.25) is 4.79 Å². The second-order valence-electron chi connectivity index (χ2n) is 5.94. The molecule has 0 aromatic heterocycles. The number of ether oxygens (including phenoxy) is 2. The van der Waals surface area contributed by atoms with Gasteiger partial charge in [-0.15, -0.1) is 0 Å². The molecule has 0 aliphatic carbocycles. The third kappa shape index (κ3) is 4.68. The maximum absolute atomic E-state index is 12.6. The highest BCUT2D eigenvalue weighted by molar-refractivity contribution is 6.12. The van der Waals surface area contributed by atoms with E-state index in [1.165, 1.54) is 31.4 Å². The first kappa shape index (κ1) is 19.8. The van der Waals surface area contributed by atoms with E-state index in [2.05, 4.69) is 10.1 Å². The van der Waals surface area contributed by atoms with Crippen molar-refractivity contribution in [2.24, 2.45) is 0 Å². The Hall–Kier alpha value is -3.92. The molecule has 3 rings (SSSR count). The minimum atomic E-state index is -3.03. The van der Waals surface area contributed by atoms with Crippen molar-refractivity contribution < 1.29 is 23.0 Å². The van der Waals surface area contributed by atoms with E-state index in [0.717, 1.165) is 10.8 Å². The lowest BCUT2D eigenvalue weighted by molar-refractivity contribution is -0.112. The van der Waals surface area contributed by atoms with Gasteiger partial charge < -0.3 is 14.8 Å². The van der Waals surface area contributed by atoms with Crippen molar-refractivity contribution in [2.75, 3.05) is 12.4 Å². The highest BCUT2D eigenvalue weighted by Crippen LogP contribution is 2.30. The first-order chi connectivity index (χ1) is 14.0. The van der Waals surface area contributed by atoms with Crippen molar-refractivity contribution in [1.82, 2.24) is 0 Å². The molecule has 0 saturated carbocycles. The number of anilines is 1. The second-order valence-corrected chi connectivity index (χ2v) is 5.94. The molecule has 0 spiro atoms. The quantitative estimate of drug-likeness (QED) is 0.472. The summed E-state index contributed by atoms with van der Waals surface area (Å²) in [5.41, 5.74) is 0.711. The number of carbonyl (C=O) groups is 1.